The Morgan fingerprint density at radius 2 is 1.94 bits per heavy atom. The van der Waals surface area contributed by atoms with Gasteiger partial charge in [0.15, 0.2) is 0 Å². The largest absolute Gasteiger partial charge is 0.392 e. The molecule has 0 atom stereocenters. The zero-order chi connectivity index (χ0) is 13.0. The minimum atomic E-state index is -0.548. The summed E-state index contributed by atoms with van der Waals surface area (Å²) >= 11 is 5.15. The zero-order valence-electron chi connectivity index (χ0n) is 11.0. The second-order valence-electron chi connectivity index (χ2n) is 5.85. The Morgan fingerprint density at radius 3 is 2.50 bits per heavy atom. The van der Waals surface area contributed by atoms with E-state index in [1.165, 1.54) is 25.7 Å². The molecule has 2 aliphatic carbocycles. The maximum absolute atomic E-state index is 12.3. The Labute approximate surface area is 115 Å². The molecule has 0 radical (unpaired) electrons. The third-order valence-electron chi connectivity index (χ3n) is 4.39. The Balaban J connectivity index is 1.80. The molecule has 3 N–H and O–H groups in total. The van der Waals surface area contributed by atoms with Crippen LogP contribution in [0, 0.1) is 11.3 Å². The number of hydrogen-bond acceptors (Lipinski definition) is 2. The van der Waals surface area contributed by atoms with E-state index in [0.717, 1.165) is 44.6 Å². The third-order valence-corrected chi connectivity index (χ3v) is 4.78. The number of thiocarbonyl (C=S) groups is 1. The highest BCUT2D eigenvalue weighted by atomic mass is 32.1. The van der Waals surface area contributed by atoms with Gasteiger partial charge in [-0.15, -0.1) is 0 Å². The molecule has 4 heteroatoms. The Kier molecular flexibility index (Phi) is 4.60. The van der Waals surface area contributed by atoms with Crippen LogP contribution in [0.3, 0.4) is 0 Å². The smallest absolute Gasteiger partial charge is 0.233 e. The van der Waals surface area contributed by atoms with E-state index in [1.807, 2.05) is 0 Å². The lowest BCUT2D eigenvalue weighted by molar-refractivity contribution is -0.128. The Bertz CT molecular complexity index is 320. The van der Waals surface area contributed by atoms with Crippen LogP contribution < -0.4 is 11.1 Å². The highest BCUT2D eigenvalue weighted by Crippen LogP contribution is 2.37. The van der Waals surface area contributed by atoms with Gasteiger partial charge >= 0.3 is 0 Å². The molecule has 3 nitrogen and oxygen atoms in total. The number of nitrogens with one attached hydrogen (secondary N) is 1. The molecule has 2 aliphatic rings. The highest BCUT2D eigenvalue weighted by Gasteiger charge is 2.42. The molecule has 2 saturated carbocycles. The van der Waals surface area contributed by atoms with Crippen LogP contribution in [0.15, 0.2) is 0 Å². The first-order chi connectivity index (χ1) is 8.65. The van der Waals surface area contributed by atoms with E-state index in [2.05, 4.69) is 5.32 Å². The van der Waals surface area contributed by atoms with Crippen molar-refractivity contribution in [3.8, 4) is 0 Å². The third kappa shape index (κ3) is 3.22. The van der Waals surface area contributed by atoms with Gasteiger partial charge in [-0.05, 0) is 31.6 Å². The highest BCUT2D eigenvalue weighted by molar-refractivity contribution is 7.80. The molecule has 1 amide bonds. The number of nitrogens with two attached hydrogens (primary N) is 1. The van der Waals surface area contributed by atoms with E-state index >= 15 is 0 Å². The summed E-state index contributed by atoms with van der Waals surface area (Å²) in [6.07, 6.45) is 10.1. The summed E-state index contributed by atoms with van der Waals surface area (Å²) in [6, 6.07) is 0. The van der Waals surface area contributed by atoms with Crippen LogP contribution in [0.2, 0.25) is 0 Å². The molecule has 18 heavy (non-hydrogen) atoms. The Morgan fingerprint density at radius 1 is 1.28 bits per heavy atom. The van der Waals surface area contributed by atoms with Crippen molar-refractivity contribution < 1.29 is 4.79 Å². The number of rotatable bonds is 6. The lowest BCUT2D eigenvalue weighted by Gasteiger charge is -2.34. The molecule has 0 aliphatic heterocycles. The van der Waals surface area contributed by atoms with E-state index in [1.54, 1.807) is 0 Å². The number of amides is 1. The van der Waals surface area contributed by atoms with Gasteiger partial charge in [0.25, 0.3) is 0 Å². The minimum absolute atomic E-state index is 0.0745. The molecular weight excluding hydrogens is 244 g/mol. The van der Waals surface area contributed by atoms with Crippen molar-refractivity contribution in [3.05, 3.63) is 0 Å². The second kappa shape index (κ2) is 6.00. The van der Waals surface area contributed by atoms with Crippen molar-refractivity contribution in [1.29, 1.82) is 0 Å². The van der Waals surface area contributed by atoms with Gasteiger partial charge in [-0.25, -0.2) is 0 Å². The summed E-state index contributed by atoms with van der Waals surface area (Å²) < 4.78 is 0. The van der Waals surface area contributed by atoms with Crippen LogP contribution >= 0.6 is 12.2 Å². The summed E-state index contributed by atoms with van der Waals surface area (Å²) in [5, 5.41) is 3.05. The summed E-state index contributed by atoms with van der Waals surface area (Å²) in [7, 11) is 0. The van der Waals surface area contributed by atoms with E-state index in [4.69, 9.17) is 18.0 Å². The molecule has 0 unspecified atom stereocenters. The van der Waals surface area contributed by atoms with Crippen molar-refractivity contribution in [2.24, 2.45) is 17.1 Å². The molecule has 0 saturated heterocycles. The second-order valence-corrected chi connectivity index (χ2v) is 6.29. The zero-order valence-corrected chi connectivity index (χ0v) is 11.9. The molecule has 0 aromatic rings. The predicted octanol–water partition coefficient (Wildman–Crippen LogP) is 2.53. The van der Waals surface area contributed by atoms with Gasteiger partial charge in [-0.2, -0.15) is 0 Å². The van der Waals surface area contributed by atoms with Crippen molar-refractivity contribution in [2.75, 3.05) is 6.54 Å². The fourth-order valence-electron chi connectivity index (χ4n) is 2.91. The van der Waals surface area contributed by atoms with E-state index in [0.29, 0.717) is 4.99 Å². The van der Waals surface area contributed by atoms with E-state index in [9.17, 15) is 4.79 Å². The van der Waals surface area contributed by atoms with Gasteiger partial charge < -0.3 is 11.1 Å². The van der Waals surface area contributed by atoms with Crippen molar-refractivity contribution in [3.63, 3.8) is 0 Å². The standard InChI is InChI=1S/C14H24N2OS/c15-12(18)14(8-2-1-3-9-14)13(17)16-10-4-5-11-6-7-11/h11H,1-10H2,(H2,15,18)(H,16,17). The quantitative estimate of drug-likeness (QED) is 0.575. The maximum Gasteiger partial charge on any atom is 0.233 e. The van der Waals surface area contributed by atoms with Crippen LogP contribution in [0.5, 0.6) is 0 Å². The topological polar surface area (TPSA) is 55.1 Å². The predicted molar refractivity (Wildman–Crippen MR) is 77.3 cm³/mol. The lowest BCUT2D eigenvalue weighted by Crippen LogP contribution is -2.50. The molecule has 0 heterocycles. The molecular formula is C14H24N2OS. The average Bonchev–Trinajstić information content (AvgIpc) is 3.19. The molecule has 0 aromatic carbocycles. The van der Waals surface area contributed by atoms with Crippen LogP contribution in [0.25, 0.3) is 0 Å². The van der Waals surface area contributed by atoms with Crippen LogP contribution in [0.1, 0.15) is 57.8 Å². The summed E-state index contributed by atoms with van der Waals surface area (Å²) in [4.78, 5) is 12.7. The van der Waals surface area contributed by atoms with Crippen molar-refractivity contribution in [2.45, 2.75) is 57.8 Å². The molecule has 0 bridgehead atoms. The first kappa shape index (κ1) is 13.8. The maximum atomic E-state index is 12.3. The fourth-order valence-corrected chi connectivity index (χ4v) is 3.21. The summed E-state index contributed by atoms with van der Waals surface area (Å²) in [5.41, 5.74) is 5.29. The van der Waals surface area contributed by atoms with Gasteiger partial charge in [-0.1, -0.05) is 44.3 Å². The summed E-state index contributed by atoms with van der Waals surface area (Å²) in [6.45, 7) is 0.777. The molecule has 102 valence electrons. The van der Waals surface area contributed by atoms with Gasteiger partial charge in [0, 0.05) is 6.54 Å². The normalized spacial score (nSPS) is 22.4. The summed E-state index contributed by atoms with van der Waals surface area (Å²) in [5.74, 6) is 1.01. The van der Waals surface area contributed by atoms with E-state index < -0.39 is 5.41 Å². The number of hydrogen-bond donors (Lipinski definition) is 2. The van der Waals surface area contributed by atoms with Crippen LogP contribution in [-0.4, -0.2) is 17.4 Å². The first-order valence-electron chi connectivity index (χ1n) is 7.23. The van der Waals surface area contributed by atoms with Gasteiger partial charge in [-0.3, -0.25) is 4.79 Å². The van der Waals surface area contributed by atoms with Gasteiger partial charge in [0.05, 0.1) is 10.4 Å². The van der Waals surface area contributed by atoms with Crippen LogP contribution in [0.4, 0.5) is 0 Å². The average molecular weight is 268 g/mol. The van der Waals surface area contributed by atoms with Crippen molar-refractivity contribution >= 4 is 23.1 Å². The lowest BCUT2D eigenvalue weighted by atomic mass is 9.73. The molecule has 0 aromatic heterocycles. The van der Waals surface area contributed by atoms with E-state index in [-0.39, 0.29) is 5.91 Å². The van der Waals surface area contributed by atoms with Gasteiger partial charge in [0.1, 0.15) is 0 Å². The molecule has 2 rings (SSSR count). The molecule has 2 fully saturated rings. The van der Waals surface area contributed by atoms with Crippen LogP contribution in [-0.2, 0) is 4.79 Å². The number of carbonyl (C=O) groups excluding carboxylic acids is 1. The minimum Gasteiger partial charge on any atom is -0.392 e. The first-order valence-corrected chi connectivity index (χ1v) is 7.64. The number of carbonyl (C=O) groups is 1. The van der Waals surface area contributed by atoms with Crippen molar-refractivity contribution in [1.82, 2.24) is 5.32 Å². The SMILES string of the molecule is NC(=S)C1(C(=O)NCCCC2CC2)CCCCC1. The Hall–Kier alpha value is -0.640. The van der Waals surface area contributed by atoms with Gasteiger partial charge in [0.2, 0.25) is 5.91 Å². The monoisotopic (exact) mass is 268 g/mol. The molecule has 0 spiro atoms. The fraction of sp³-hybridized carbons (Fsp3) is 0.857.